The van der Waals surface area contributed by atoms with E-state index in [-0.39, 0.29) is 6.61 Å². The van der Waals surface area contributed by atoms with Crippen LogP contribution in [-0.4, -0.2) is 14.9 Å². The number of benzene rings is 1. The summed E-state index contributed by atoms with van der Waals surface area (Å²) in [7, 11) is 0. The zero-order chi connectivity index (χ0) is 11.7. The minimum absolute atomic E-state index is 0.0667. The van der Waals surface area contributed by atoms with E-state index in [1.165, 1.54) is 24.1 Å². The molecule has 1 N–H and O–H groups in total. The van der Waals surface area contributed by atoms with E-state index in [1.54, 1.807) is 0 Å². The van der Waals surface area contributed by atoms with Gasteiger partial charge in [0.2, 0.25) is 0 Å². The first-order chi connectivity index (χ1) is 8.40. The zero-order valence-electron chi connectivity index (χ0n) is 9.76. The second kappa shape index (κ2) is 4.34. The van der Waals surface area contributed by atoms with E-state index in [2.05, 4.69) is 5.10 Å². The van der Waals surface area contributed by atoms with Crippen molar-refractivity contribution in [3.63, 3.8) is 0 Å². The van der Waals surface area contributed by atoms with Gasteiger partial charge in [-0.15, -0.1) is 0 Å². The average molecular weight is 228 g/mol. The van der Waals surface area contributed by atoms with E-state index in [0.29, 0.717) is 0 Å². The van der Waals surface area contributed by atoms with Gasteiger partial charge in [-0.3, -0.25) is 0 Å². The number of hydrogen-bond acceptors (Lipinski definition) is 2. The summed E-state index contributed by atoms with van der Waals surface area (Å²) in [4.78, 5) is 0. The van der Waals surface area contributed by atoms with Crippen LogP contribution in [0.15, 0.2) is 30.3 Å². The summed E-state index contributed by atoms with van der Waals surface area (Å²) < 4.78 is 1.90. The standard InChI is InChI=1S/C14H16N2O/c17-10-14-12-8-4-5-9-13(12)15-16(14)11-6-2-1-3-7-11/h1-3,6-7,17H,4-5,8-10H2. The van der Waals surface area contributed by atoms with Gasteiger partial charge in [0, 0.05) is 0 Å². The Morgan fingerprint density at radius 2 is 1.88 bits per heavy atom. The average Bonchev–Trinajstić information content (AvgIpc) is 2.78. The van der Waals surface area contributed by atoms with Crippen molar-refractivity contribution in [1.29, 1.82) is 0 Å². The lowest BCUT2D eigenvalue weighted by molar-refractivity contribution is 0.272. The maximum atomic E-state index is 9.56. The zero-order valence-corrected chi connectivity index (χ0v) is 9.76. The molecular weight excluding hydrogens is 212 g/mol. The molecule has 3 rings (SSSR count). The Balaban J connectivity index is 2.14. The van der Waals surface area contributed by atoms with E-state index < -0.39 is 0 Å². The van der Waals surface area contributed by atoms with Crippen molar-refractivity contribution in [3.05, 3.63) is 47.3 Å². The lowest BCUT2D eigenvalue weighted by Gasteiger charge is -2.10. The van der Waals surface area contributed by atoms with Crippen molar-refractivity contribution in [2.45, 2.75) is 32.3 Å². The second-order valence-corrected chi connectivity index (χ2v) is 4.48. The molecule has 0 aliphatic heterocycles. The first-order valence-electron chi connectivity index (χ1n) is 6.16. The number of nitrogens with zero attached hydrogens (tertiary/aromatic N) is 2. The predicted octanol–water partition coefficient (Wildman–Crippen LogP) is 2.24. The molecule has 0 atom stereocenters. The first kappa shape index (κ1) is 10.5. The third-order valence-corrected chi connectivity index (χ3v) is 3.41. The molecule has 1 aliphatic rings. The quantitative estimate of drug-likeness (QED) is 0.856. The van der Waals surface area contributed by atoms with E-state index >= 15 is 0 Å². The van der Waals surface area contributed by atoms with E-state index in [1.807, 2.05) is 35.0 Å². The highest BCUT2D eigenvalue weighted by Crippen LogP contribution is 2.26. The summed E-state index contributed by atoms with van der Waals surface area (Å²) in [5.74, 6) is 0. The van der Waals surface area contributed by atoms with Gasteiger partial charge in [-0.25, -0.2) is 4.68 Å². The molecule has 0 fully saturated rings. The van der Waals surface area contributed by atoms with Gasteiger partial charge >= 0.3 is 0 Å². The van der Waals surface area contributed by atoms with Crippen molar-refractivity contribution in [3.8, 4) is 5.69 Å². The molecule has 1 aromatic carbocycles. The smallest absolute Gasteiger partial charge is 0.0857 e. The predicted molar refractivity (Wildman–Crippen MR) is 66.1 cm³/mol. The van der Waals surface area contributed by atoms with Crippen molar-refractivity contribution < 1.29 is 5.11 Å². The molecule has 0 unspecified atom stereocenters. The van der Waals surface area contributed by atoms with Crippen LogP contribution in [0, 0.1) is 0 Å². The summed E-state index contributed by atoms with van der Waals surface area (Å²) in [6, 6.07) is 10.0. The molecule has 3 nitrogen and oxygen atoms in total. The Labute approximate surface area is 101 Å². The summed E-state index contributed by atoms with van der Waals surface area (Å²) >= 11 is 0. The van der Waals surface area contributed by atoms with Gasteiger partial charge in [0.05, 0.1) is 23.7 Å². The molecule has 17 heavy (non-hydrogen) atoms. The fourth-order valence-corrected chi connectivity index (χ4v) is 2.56. The highest BCUT2D eigenvalue weighted by Gasteiger charge is 2.20. The highest BCUT2D eigenvalue weighted by molar-refractivity contribution is 5.38. The normalized spacial score (nSPS) is 14.6. The molecule has 88 valence electrons. The van der Waals surface area contributed by atoms with E-state index in [4.69, 9.17) is 0 Å². The Morgan fingerprint density at radius 1 is 1.12 bits per heavy atom. The molecule has 0 saturated carbocycles. The third kappa shape index (κ3) is 1.76. The molecule has 1 aliphatic carbocycles. The number of para-hydroxylation sites is 1. The van der Waals surface area contributed by atoms with Crippen LogP contribution in [0.3, 0.4) is 0 Å². The van der Waals surface area contributed by atoms with Crippen LogP contribution >= 0.6 is 0 Å². The summed E-state index contributed by atoms with van der Waals surface area (Å²) in [6.07, 6.45) is 4.52. The fourth-order valence-electron chi connectivity index (χ4n) is 2.56. The number of rotatable bonds is 2. The van der Waals surface area contributed by atoms with Crippen molar-refractivity contribution in [2.24, 2.45) is 0 Å². The summed E-state index contributed by atoms with van der Waals surface area (Å²) in [5.41, 5.74) is 4.43. The Hall–Kier alpha value is -1.61. The monoisotopic (exact) mass is 228 g/mol. The number of hydrogen-bond donors (Lipinski definition) is 1. The van der Waals surface area contributed by atoms with Crippen molar-refractivity contribution >= 4 is 0 Å². The summed E-state index contributed by atoms with van der Waals surface area (Å²) in [6.45, 7) is 0.0667. The van der Waals surface area contributed by atoms with Gasteiger partial charge in [-0.1, -0.05) is 18.2 Å². The second-order valence-electron chi connectivity index (χ2n) is 4.48. The molecule has 0 saturated heterocycles. The van der Waals surface area contributed by atoms with Gasteiger partial charge < -0.3 is 5.11 Å². The van der Waals surface area contributed by atoms with Gasteiger partial charge in [-0.05, 0) is 43.4 Å². The Kier molecular flexibility index (Phi) is 2.69. The first-order valence-corrected chi connectivity index (χ1v) is 6.16. The maximum absolute atomic E-state index is 9.56. The number of aliphatic hydroxyl groups excluding tert-OH is 1. The minimum atomic E-state index is 0.0667. The molecule has 1 aromatic heterocycles. The number of aromatic nitrogens is 2. The molecule has 0 radical (unpaired) electrons. The van der Waals surface area contributed by atoms with Gasteiger partial charge in [-0.2, -0.15) is 5.10 Å². The molecule has 0 spiro atoms. The van der Waals surface area contributed by atoms with E-state index in [9.17, 15) is 5.11 Å². The largest absolute Gasteiger partial charge is 0.390 e. The molecule has 2 aromatic rings. The fraction of sp³-hybridized carbons (Fsp3) is 0.357. The lowest BCUT2D eigenvalue weighted by Crippen LogP contribution is -2.04. The lowest BCUT2D eigenvalue weighted by atomic mass is 9.96. The van der Waals surface area contributed by atoms with Crippen LogP contribution < -0.4 is 0 Å². The van der Waals surface area contributed by atoms with Crippen LogP contribution in [0.5, 0.6) is 0 Å². The maximum Gasteiger partial charge on any atom is 0.0857 e. The van der Waals surface area contributed by atoms with Crippen molar-refractivity contribution in [1.82, 2.24) is 9.78 Å². The summed E-state index contributed by atoms with van der Waals surface area (Å²) in [5, 5.41) is 14.2. The third-order valence-electron chi connectivity index (χ3n) is 3.41. The van der Waals surface area contributed by atoms with Crippen LogP contribution in [-0.2, 0) is 19.4 Å². The Bertz CT molecular complexity index is 517. The Morgan fingerprint density at radius 3 is 2.65 bits per heavy atom. The SMILES string of the molecule is OCc1c2c(nn1-c1ccccc1)CCCC2. The van der Waals surface area contributed by atoms with Crippen LogP contribution in [0.4, 0.5) is 0 Å². The molecule has 3 heteroatoms. The van der Waals surface area contributed by atoms with Crippen LogP contribution in [0.1, 0.15) is 29.8 Å². The van der Waals surface area contributed by atoms with Crippen LogP contribution in [0.2, 0.25) is 0 Å². The van der Waals surface area contributed by atoms with Gasteiger partial charge in [0.15, 0.2) is 0 Å². The molecule has 0 bridgehead atoms. The van der Waals surface area contributed by atoms with Crippen molar-refractivity contribution in [2.75, 3.05) is 0 Å². The van der Waals surface area contributed by atoms with Gasteiger partial charge in [0.25, 0.3) is 0 Å². The number of aryl methyl sites for hydroxylation is 1. The minimum Gasteiger partial charge on any atom is -0.390 e. The number of aliphatic hydroxyl groups is 1. The number of fused-ring (bicyclic) bond motifs is 1. The van der Waals surface area contributed by atoms with Gasteiger partial charge in [0.1, 0.15) is 0 Å². The highest BCUT2D eigenvalue weighted by atomic mass is 16.3. The molecular formula is C14H16N2O. The van der Waals surface area contributed by atoms with E-state index in [0.717, 1.165) is 24.2 Å². The molecule has 1 heterocycles. The topological polar surface area (TPSA) is 38.1 Å². The van der Waals surface area contributed by atoms with Crippen LogP contribution in [0.25, 0.3) is 5.69 Å². The molecule has 0 amide bonds.